The highest BCUT2D eigenvalue weighted by molar-refractivity contribution is 6.37. The summed E-state index contributed by atoms with van der Waals surface area (Å²) in [5.41, 5.74) is 0.155. The first kappa shape index (κ1) is 10.8. The molecule has 0 fully saturated rings. The molecule has 0 saturated carbocycles. The second-order valence-electron chi connectivity index (χ2n) is 3.05. The largest absolute Gasteiger partial charge is 0.493 e. The van der Waals surface area contributed by atoms with Crippen LogP contribution in [-0.2, 0) is 0 Å². The minimum Gasteiger partial charge on any atom is -0.493 e. The van der Waals surface area contributed by atoms with Gasteiger partial charge in [-0.25, -0.2) is 4.98 Å². The SMILES string of the molecule is COc1cc2nc[nH]c(=O)c2c(Cl)c1OC. The summed E-state index contributed by atoms with van der Waals surface area (Å²) in [6.07, 6.45) is 1.31. The number of hydrogen-bond donors (Lipinski definition) is 1. The first-order chi connectivity index (χ1) is 7.69. The van der Waals surface area contributed by atoms with E-state index in [-0.39, 0.29) is 10.6 Å². The van der Waals surface area contributed by atoms with Crippen molar-refractivity contribution in [1.82, 2.24) is 9.97 Å². The Morgan fingerprint density at radius 3 is 2.75 bits per heavy atom. The second kappa shape index (κ2) is 4.02. The van der Waals surface area contributed by atoms with Crippen LogP contribution in [0.5, 0.6) is 11.5 Å². The van der Waals surface area contributed by atoms with E-state index in [2.05, 4.69) is 9.97 Å². The van der Waals surface area contributed by atoms with Crippen LogP contribution in [-0.4, -0.2) is 24.2 Å². The van der Waals surface area contributed by atoms with Crippen molar-refractivity contribution in [3.8, 4) is 11.5 Å². The Kier molecular flexibility index (Phi) is 2.70. The summed E-state index contributed by atoms with van der Waals surface area (Å²) in [6.45, 7) is 0. The Labute approximate surface area is 96.0 Å². The Balaban J connectivity index is 2.94. The third-order valence-corrected chi connectivity index (χ3v) is 2.58. The van der Waals surface area contributed by atoms with Crippen LogP contribution in [0.3, 0.4) is 0 Å². The number of hydrogen-bond acceptors (Lipinski definition) is 4. The molecular formula is C10H9ClN2O3. The first-order valence-electron chi connectivity index (χ1n) is 4.47. The summed E-state index contributed by atoms with van der Waals surface area (Å²) in [7, 11) is 2.95. The molecule has 0 aliphatic carbocycles. The number of rotatable bonds is 2. The van der Waals surface area contributed by atoms with Gasteiger partial charge in [-0.1, -0.05) is 11.6 Å². The van der Waals surface area contributed by atoms with Gasteiger partial charge in [-0.2, -0.15) is 0 Å². The van der Waals surface area contributed by atoms with E-state index in [1.807, 2.05) is 0 Å². The Morgan fingerprint density at radius 2 is 2.12 bits per heavy atom. The van der Waals surface area contributed by atoms with E-state index in [1.54, 1.807) is 6.07 Å². The number of nitrogens with zero attached hydrogens (tertiary/aromatic N) is 1. The lowest BCUT2D eigenvalue weighted by molar-refractivity contribution is 0.356. The molecule has 1 aromatic carbocycles. The number of H-pyrrole nitrogens is 1. The van der Waals surface area contributed by atoms with Gasteiger partial charge in [0, 0.05) is 6.07 Å². The van der Waals surface area contributed by atoms with E-state index in [0.29, 0.717) is 22.4 Å². The predicted molar refractivity (Wildman–Crippen MR) is 60.5 cm³/mol. The van der Waals surface area contributed by atoms with Gasteiger partial charge in [-0.05, 0) is 0 Å². The molecule has 1 heterocycles. The predicted octanol–water partition coefficient (Wildman–Crippen LogP) is 1.59. The summed E-state index contributed by atoms with van der Waals surface area (Å²) >= 11 is 6.07. The maximum atomic E-state index is 11.6. The number of benzene rings is 1. The molecule has 0 saturated heterocycles. The van der Waals surface area contributed by atoms with Gasteiger partial charge in [0.05, 0.1) is 31.4 Å². The Morgan fingerprint density at radius 1 is 1.38 bits per heavy atom. The molecular weight excluding hydrogens is 232 g/mol. The summed E-state index contributed by atoms with van der Waals surface area (Å²) in [4.78, 5) is 18.1. The smallest absolute Gasteiger partial charge is 0.260 e. The molecule has 2 rings (SSSR count). The standard InChI is InChI=1S/C10H9ClN2O3/c1-15-6-3-5-7(8(11)9(6)16-2)10(14)13-4-12-5/h3-4H,1-2H3,(H,12,13,14). The molecule has 0 unspecified atom stereocenters. The molecule has 1 aromatic heterocycles. The maximum absolute atomic E-state index is 11.6. The number of nitrogens with one attached hydrogen (secondary N) is 1. The van der Waals surface area contributed by atoms with E-state index < -0.39 is 0 Å². The van der Waals surface area contributed by atoms with Crippen LogP contribution in [0.1, 0.15) is 0 Å². The van der Waals surface area contributed by atoms with Gasteiger partial charge in [0.25, 0.3) is 5.56 Å². The van der Waals surface area contributed by atoms with Gasteiger partial charge in [0.2, 0.25) is 0 Å². The van der Waals surface area contributed by atoms with E-state index in [1.165, 1.54) is 20.5 Å². The number of fused-ring (bicyclic) bond motifs is 1. The van der Waals surface area contributed by atoms with E-state index in [9.17, 15) is 4.79 Å². The Hall–Kier alpha value is -1.75. The lowest BCUT2D eigenvalue weighted by Gasteiger charge is -2.10. The van der Waals surface area contributed by atoms with Crippen molar-refractivity contribution in [3.05, 3.63) is 27.8 Å². The van der Waals surface area contributed by atoms with Gasteiger partial charge >= 0.3 is 0 Å². The minimum atomic E-state index is -0.309. The topological polar surface area (TPSA) is 64.2 Å². The molecule has 0 radical (unpaired) electrons. The highest BCUT2D eigenvalue weighted by Gasteiger charge is 2.15. The van der Waals surface area contributed by atoms with Crippen molar-refractivity contribution >= 4 is 22.5 Å². The number of aromatic amines is 1. The highest BCUT2D eigenvalue weighted by atomic mass is 35.5. The molecule has 0 amide bonds. The summed E-state index contributed by atoms with van der Waals surface area (Å²) in [5, 5.41) is 0.494. The van der Waals surface area contributed by atoms with E-state index in [4.69, 9.17) is 21.1 Å². The third-order valence-electron chi connectivity index (χ3n) is 2.22. The van der Waals surface area contributed by atoms with Crippen LogP contribution in [0.2, 0.25) is 5.02 Å². The molecule has 0 atom stereocenters. The van der Waals surface area contributed by atoms with E-state index >= 15 is 0 Å². The van der Waals surface area contributed by atoms with Gasteiger partial charge in [-0.3, -0.25) is 4.79 Å². The molecule has 0 bridgehead atoms. The van der Waals surface area contributed by atoms with Crippen molar-refractivity contribution < 1.29 is 9.47 Å². The number of ether oxygens (including phenoxy) is 2. The fourth-order valence-electron chi connectivity index (χ4n) is 1.49. The summed E-state index contributed by atoms with van der Waals surface area (Å²) < 4.78 is 10.2. The molecule has 5 nitrogen and oxygen atoms in total. The molecule has 0 aliphatic heterocycles. The average Bonchev–Trinajstić information content (AvgIpc) is 2.28. The van der Waals surface area contributed by atoms with Gasteiger partial charge in [-0.15, -0.1) is 0 Å². The number of aromatic nitrogens is 2. The zero-order chi connectivity index (χ0) is 11.7. The Bertz CT molecular complexity index is 594. The van der Waals surface area contributed by atoms with Crippen molar-refractivity contribution in [2.75, 3.05) is 14.2 Å². The molecule has 84 valence electrons. The second-order valence-corrected chi connectivity index (χ2v) is 3.43. The molecule has 0 aliphatic rings. The van der Waals surface area contributed by atoms with Crippen LogP contribution in [0.4, 0.5) is 0 Å². The number of halogens is 1. The van der Waals surface area contributed by atoms with Crippen molar-refractivity contribution in [3.63, 3.8) is 0 Å². The summed E-state index contributed by atoms with van der Waals surface area (Å²) in [5.74, 6) is 0.772. The van der Waals surface area contributed by atoms with Gasteiger partial charge in [0.15, 0.2) is 11.5 Å². The fourth-order valence-corrected chi connectivity index (χ4v) is 1.84. The third kappa shape index (κ3) is 1.49. The van der Waals surface area contributed by atoms with Gasteiger partial charge in [0.1, 0.15) is 5.02 Å². The van der Waals surface area contributed by atoms with Crippen molar-refractivity contribution in [1.29, 1.82) is 0 Å². The zero-order valence-electron chi connectivity index (χ0n) is 8.70. The van der Waals surface area contributed by atoms with Gasteiger partial charge < -0.3 is 14.5 Å². The van der Waals surface area contributed by atoms with Crippen LogP contribution in [0, 0.1) is 0 Å². The molecule has 0 spiro atoms. The minimum absolute atomic E-state index is 0.200. The van der Waals surface area contributed by atoms with Crippen molar-refractivity contribution in [2.24, 2.45) is 0 Å². The number of methoxy groups -OCH3 is 2. The van der Waals surface area contributed by atoms with Crippen LogP contribution < -0.4 is 15.0 Å². The zero-order valence-corrected chi connectivity index (χ0v) is 9.46. The monoisotopic (exact) mass is 240 g/mol. The summed E-state index contributed by atoms with van der Waals surface area (Å²) in [6, 6.07) is 1.61. The van der Waals surface area contributed by atoms with Crippen LogP contribution in [0.15, 0.2) is 17.2 Å². The van der Waals surface area contributed by atoms with E-state index in [0.717, 1.165) is 0 Å². The average molecular weight is 241 g/mol. The first-order valence-corrected chi connectivity index (χ1v) is 4.84. The molecule has 2 aromatic rings. The van der Waals surface area contributed by atoms with Crippen molar-refractivity contribution in [2.45, 2.75) is 0 Å². The van der Waals surface area contributed by atoms with Crippen LogP contribution >= 0.6 is 11.6 Å². The lowest BCUT2D eigenvalue weighted by Crippen LogP contribution is -2.07. The molecule has 1 N–H and O–H groups in total. The lowest BCUT2D eigenvalue weighted by atomic mass is 10.2. The van der Waals surface area contributed by atoms with Crippen LogP contribution in [0.25, 0.3) is 10.9 Å². The normalized spacial score (nSPS) is 10.4. The highest BCUT2D eigenvalue weighted by Crippen LogP contribution is 2.38. The quantitative estimate of drug-likeness (QED) is 0.866. The molecule has 6 heteroatoms. The maximum Gasteiger partial charge on any atom is 0.260 e. The fraction of sp³-hybridized carbons (Fsp3) is 0.200. The molecule has 16 heavy (non-hydrogen) atoms.